The first-order valence-electron chi connectivity index (χ1n) is 6.64. The number of pyridine rings is 1. The molecule has 0 aliphatic carbocycles. The Morgan fingerprint density at radius 3 is 2.67 bits per heavy atom. The van der Waals surface area contributed by atoms with Crippen molar-refractivity contribution in [3.63, 3.8) is 0 Å². The van der Waals surface area contributed by atoms with Crippen molar-refractivity contribution in [3.05, 3.63) is 52.3 Å². The van der Waals surface area contributed by atoms with E-state index in [4.69, 9.17) is 22.1 Å². The largest absolute Gasteiger partial charge is 0.419 e. The number of ether oxygens (including phenoxy) is 1. The van der Waals surface area contributed by atoms with Gasteiger partial charge in [0, 0.05) is 13.3 Å². The number of primary amides is 1. The number of nitrogens with one attached hydrogen (secondary N) is 1. The van der Waals surface area contributed by atoms with Gasteiger partial charge < -0.3 is 15.8 Å². The van der Waals surface area contributed by atoms with Crippen LogP contribution in [0.5, 0.6) is 0 Å². The van der Waals surface area contributed by atoms with Crippen LogP contribution in [0.2, 0.25) is 5.15 Å². The number of anilines is 2. The molecular weight excluding hydrogens is 347 g/mol. The maximum atomic E-state index is 13.1. The average Bonchev–Trinajstić information content (AvgIpc) is 2.46. The van der Waals surface area contributed by atoms with E-state index < -0.39 is 17.6 Å². The van der Waals surface area contributed by atoms with E-state index in [2.05, 4.69) is 10.3 Å². The standard InChI is InChI=1S/C15H13ClF3N3O2/c1-24-7-8-3-2-4-10(13(8)14(20)23)22-11-5-12(16)21-6-9(11)15(17,18)19/h2-6H,7H2,1H3,(H2,20,23)(H,21,22). The van der Waals surface area contributed by atoms with Crippen LogP contribution in [0, 0.1) is 0 Å². The van der Waals surface area contributed by atoms with Crippen LogP contribution in [-0.4, -0.2) is 18.0 Å². The second kappa shape index (κ2) is 7.06. The number of hydrogen-bond acceptors (Lipinski definition) is 4. The summed E-state index contributed by atoms with van der Waals surface area (Å²) in [5.74, 6) is -0.793. The van der Waals surface area contributed by atoms with Crippen molar-refractivity contribution in [1.29, 1.82) is 0 Å². The predicted octanol–water partition coefficient (Wildman–Crippen LogP) is 3.74. The summed E-state index contributed by atoms with van der Waals surface area (Å²) in [7, 11) is 1.43. The molecule has 24 heavy (non-hydrogen) atoms. The summed E-state index contributed by atoms with van der Waals surface area (Å²) in [6.07, 6.45) is -4.02. The Morgan fingerprint density at radius 2 is 2.08 bits per heavy atom. The zero-order chi connectivity index (χ0) is 17.9. The van der Waals surface area contributed by atoms with Crippen LogP contribution in [-0.2, 0) is 17.5 Å². The van der Waals surface area contributed by atoms with Crippen LogP contribution in [0.1, 0.15) is 21.5 Å². The molecule has 2 rings (SSSR count). The van der Waals surface area contributed by atoms with Crippen molar-refractivity contribution < 1.29 is 22.7 Å². The monoisotopic (exact) mass is 359 g/mol. The molecule has 2 aromatic rings. The first kappa shape index (κ1) is 18.0. The van der Waals surface area contributed by atoms with Crippen molar-refractivity contribution >= 4 is 28.9 Å². The maximum absolute atomic E-state index is 13.1. The molecule has 0 spiro atoms. The molecule has 0 unspecified atom stereocenters. The molecular formula is C15H13ClF3N3O2. The van der Waals surface area contributed by atoms with Gasteiger partial charge in [0.1, 0.15) is 5.15 Å². The van der Waals surface area contributed by atoms with Gasteiger partial charge in [-0.3, -0.25) is 4.79 Å². The minimum absolute atomic E-state index is 0.0420. The van der Waals surface area contributed by atoms with Gasteiger partial charge in [0.15, 0.2) is 0 Å². The fraction of sp³-hybridized carbons (Fsp3) is 0.200. The van der Waals surface area contributed by atoms with Gasteiger partial charge in [-0.1, -0.05) is 23.7 Å². The second-order valence-electron chi connectivity index (χ2n) is 4.81. The van der Waals surface area contributed by atoms with E-state index in [0.717, 1.165) is 6.07 Å². The number of amides is 1. The number of aromatic nitrogens is 1. The molecule has 9 heteroatoms. The molecule has 0 saturated heterocycles. The van der Waals surface area contributed by atoms with Gasteiger partial charge in [0.05, 0.1) is 29.1 Å². The molecule has 1 heterocycles. The molecule has 0 aliphatic rings. The van der Waals surface area contributed by atoms with E-state index in [9.17, 15) is 18.0 Å². The third-order valence-electron chi connectivity index (χ3n) is 3.14. The lowest BCUT2D eigenvalue weighted by atomic mass is 10.0. The molecule has 1 aromatic carbocycles. The van der Waals surface area contributed by atoms with Crippen molar-refractivity contribution in [1.82, 2.24) is 4.98 Å². The fourth-order valence-electron chi connectivity index (χ4n) is 2.18. The predicted molar refractivity (Wildman–Crippen MR) is 83.2 cm³/mol. The average molecular weight is 360 g/mol. The molecule has 0 radical (unpaired) electrons. The highest BCUT2D eigenvalue weighted by Crippen LogP contribution is 2.37. The van der Waals surface area contributed by atoms with Crippen LogP contribution in [0.4, 0.5) is 24.5 Å². The Hall–Kier alpha value is -2.32. The summed E-state index contributed by atoms with van der Waals surface area (Å²) in [6.45, 7) is 0.0804. The number of benzene rings is 1. The van der Waals surface area contributed by atoms with Crippen LogP contribution in [0.15, 0.2) is 30.5 Å². The molecule has 1 amide bonds. The molecule has 5 nitrogen and oxygen atoms in total. The lowest BCUT2D eigenvalue weighted by Gasteiger charge is -2.17. The molecule has 0 aliphatic heterocycles. The maximum Gasteiger partial charge on any atom is 0.419 e. The number of rotatable bonds is 5. The van der Waals surface area contributed by atoms with Crippen molar-refractivity contribution in [2.75, 3.05) is 12.4 Å². The third kappa shape index (κ3) is 3.95. The Bertz CT molecular complexity index is 766. The molecule has 128 valence electrons. The summed E-state index contributed by atoms with van der Waals surface area (Å²) in [5.41, 5.74) is 4.62. The molecule has 0 fully saturated rings. The quantitative estimate of drug-likeness (QED) is 0.797. The van der Waals surface area contributed by atoms with E-state index in [1.165, 1.54) is 13.2 Å². The zero-order valence-corrected chi connectivity index (χ0v) is 13.2. The summed E-state index contributed by atoms with van der Waals surface area (Å²) in [6, 6.07) is 5.63. The van der Waals surface area contributed by atoms with E-state index in [1.54, 1.807) is 12.1 Å². The van der Waals surface area contributed by atoms with Crippen LogP contribution >= 0.6 is 11.6 Å². The minimum atomic E-state index is -4.64. The summed E-state index contributed by atoms with van der Waals surface area (Å²) >= 11 is 5.69. The number of alkyl halides is 3. The van der Waals surface area contributed by atoms with Crippen LogP contribution < -0.4 is 11.1 Å². The Balaban J connectivity index is 2.55. The number of nitrogens with two attached hydrogens (primary N) is 1. The van der Waals surface area contributed by atoms with Gasteiger partial charge in [0.2, 0.25) is 0 Å². The highest BCUT2D eigenvalue weighted by atomic mass is 35.5. The van der Waals surface area contributed by atoms with Gasteiger partial charge in [-0.05, 0) is 17.7 Å². The second-order valence-corrected chi connectivity index (χ2v) is 5.20. The highest BCUT2D eigenvalue weighted by Gasteiger charge is 2.34. The lowest BCUT2D eigenvalue weighted by molar-refractivity contribution is -0.137. The smallest absolute Gasteiger partial charge is 0.380 e. The minimum Gasteiger partial charge on any atom is -0.380 e. The van der Waals surface area contributed by atoms with Gasteiger partial charge in [-0.25, -0.2) is 4.98 Å². The molecule has 0 saturated carbocycles. The molecule has 0 bridgehead atoms. The van der Waals surface area contributed by atoms with E-state index in [-0.39, 0.29) is 28.7 Å². The van der Waals surface area contributed by atoms with Crippen LogP contribution in [0.3, 0.4) is 0 Å². The van der Waals surface area contributed by atoms with E-state index >= 15 is 0 Å². The summed E-state index contributed by atoms with van der Waals surface area (Å²) in [5, 5.41) is 2.44. The Kier molecular flexibility index (Phi) is 5.30. The zero-order valence-electron chi connectivity index (χ0n) is 12.4. The number of methoxy groups -OCH3 is 1. The number of hydrogen-bond donors (Lipinski definition) is 2. The Labute approximate surface area is 140 Å². The van der Waals surface area contributed by atoms with Gasteiger partial charge >= 0.3 is 6.18 Å². The highest BCUT2D eigenvalue weighted by molar-refractivity contribution is 6.29. The summed E-state index contributed by atoms with van der Waals surface area (Å²) < 4.78 is 44.3. The Morgan fingerprint density at radius 1 is 1.38 bits per heavy atom. The first-order valence-corrected chi connectivity index (χ1v) is 7.02. The number of halogens is 4. The van der Waals surface area contributed by atoms with Gasteiger partial charge in [-0.2, -0.15) is 13.2 Å². The fourth-order valence-corrected chi connectivity index (χ4v) is 2.33. The number of carbonyl (C=O) groups is 1. The SMILES string of the molecule is COCc1cccc(Nc2cc(Cl)ncc2C(F)(F)F)c1C(N)=O. The lowest BCUT2D eigenvalue weighted by Crippen LogP contribution is -2.17. The molecule has 3 N–H and O–H groups in total. The van der Waals surface area contributed by atoms with E-state index in [0.29, 0.717) is 11.8 Å². The first-order chi connectivity index (χ1) is 11.2. The van der Waals surface area contributed by atoms with Gasteiger partial charge in [0.25, 0.3) is 5.91 Å². The molecule has 1 aromatic heterocycles. The van der Waals surface area contributed by atoms with Crippen molar-refractivity contribution in [3.8, 4) is 0 Å². The molecule has 0 atom stereocenters. The number of carbonyl (C=O) groups excluding carboxylic acids is 1. The number of nitrogens with zero attached hydrogens (tertiary/aromatic N) is 1. The summed E-state index contributed by atoms with van der Waals surface area (Å²) in [4.78, 5) is 15.2. The normalized spacial score (nSPS) is 11.4. The van der Waals surface area contributed by atoms with Crippen molar-refractivity contribution in [2.45, 2.75) is 12.8 Å². The van der Waals surface area contributed by atoms with Crippen molar-refractivity contribution in [2.24, 2.45) is 5.73 Å². The van der Waals surface area contributed by atoms with Gasteiger partial charge in [-0.15, -0.1) is 0 Å². The van der Waals surface area contributed by atoms with E-state index in [1.807, 2.05) is 0 Å². The topological polar surface area (TPSA) is 77.2 Å². The third-order valence-corrected chi connectivity index (χ3v) is 3.35. The van der Waals surface area contributed by atoms with Crippen LogP contribution in [0.25, 0.3) is 0 Å².